The first kappa shape index (κ1) is 17.4. The van der Waals surface area contributed by atoms with E-state index in [1.54, 1.807) is 5.38 Å². The predicted octanol–water partition coefficient (Wildman–Crippen LogP) is 2.13. The van der Waals surface area contributed by atoms with Gasteiger partial charge in [0.05, 0.1) is 19.8 Å². The number of nitrogens with zero attached hydrogens (tertiary/aromatic N) is 2. The topological polar surface area (TPSA) is 89.0 Å². The molecule has 8 heteroatoms. The summed E-state index contributed by atoms with van der Waals surface area (Å²) >= 11 is 1.37. The maximum atomic E-state index is 12.6. The molecule has 7 nitrogen and oxygen atoms in total. The summed E-state index contributed by atoms with van der Waals surface area (Å²) in [6, 6.07) is 7.52. The molecule has 1 amide bonds. The van der Waals surface area contributed by atoms with Crippen molar-refractivity contribution in [2.24, 2.45) is 0 Å². The molecule has 3 rings (SSSR count). The lowest BCUT2D eigenvalue weighted by atomic mass is 10.2. The smallest absolute Gasteiger partial charge is 0.334 e. The maximum Gasteiger partial charge on any atom is 0.334 e. The van der Waals surface area contributed by atoms with Crippen LogP contribution in [0.2, 0.25) is 0 Å². The van der Waals surface area contributed by atoms with Crippen molar-refractivity contribution < 1.29 is 24.2 Å². The highest BCUT2D eigenvalue weighted by Gasteiger charge is 2.30. The van der Waals surface area contributed by atoms with E-state index in [1.165, 1.54) is 16.2 Å². The Balaban J connectivity index is 1.72. The van der Waals surface area contributed by atoms with Crippen molar-refractivity contribution >= 4 is 23.2 Å². The SMILES string of the molecule is CCOc1ccc(-c2nc(C(=O)N3CCOC(C(=O)O)C3)cs2)cc1. The maximum absolute atomic E-state index is 12.6. The van der Waals surface area contributed by atoms with Gasteiger partial charge in [-0.1, -0.05) is 0 Å². The van der Waals surface area contributed by atoms with Gasteiger partial charge in [0.25, 0.3) is 5.91 Å². The van der Waals surface area contributed by atoms with Crippen molar-refractivity contribution in [3.8, 4) is 16.3 Å². The molecule has 0 radical (unpaired) electrons. The summed E-state index contributed by atoms with van der Waals surface area (Å²) < 4.78 is 10.5. The zero-order valence-electron chi connectivity index (χ0n) is 13.7. The number of amides is 1. The van der Waals surface area contributed by atoms with Crippen molar-refractivity contribution in [3.05, 3.63) is 35.3 Å². The van der Waals surface area contributed by atoms with Gasteiger partial charge in [-0.05, 0) is 31.2 Å². The first-order valence-corrected chi connectivity index (χ1v) is 8.79. The Morgan fingerprint density at radius 3 is 2.84 bits per heavy atom. The number of thiazole rings is 1. The van der Waals surface area contributed by atoms with E-state index in [1.807, 2.05) is 31.2 Å². The van der Waals surface area contributed by atoms with Crippen LogP contribution in [0.15, 0.2) is 29.6 Å². The highest BCUT2D eigenvalue weighted by atomic mass is 32.1. The molecule has 0 aliphatic carbocycles. The van der Waals surface area contributed by atoms with Crippen molar-refractivity contribution in [1.29, 1.82) is 0 Å². The van der Waals surface area contributed by atoms with E-state index in [0.717, 1.165) is 16.3 Å². The fourth-order valence-corrected chi connectivity index (χ4v) is 3.31. The third-order valence-corrected chi connectivity index (χ3v) is 4.66. The lowest BCUT2D eigenvalue weighted by Crippen LogP contribution is -2.48. The van der Waals surface area contributed by atoms with E-state index in [9.17, 15) is 9.59 Å². The van der Waals surface area contributed by atoms with Crippen LogP contribution in [0.25, 0.3) is 10.6 Å². The number of benzene rings is 1. The zero-order valence-corrected chi connectivity index (χ0v) is 14.5. The summed E-state index contributed by atoms with van der Waals surface area (Å²) in [5, 5.41) is 11.5. The van der Waals surface area contributed by atoms with Gasteiger partial charge in [0.15, 0.2) is 6.10 Å². The van der Waals surface area contributed by atoms with Crippen LogP contribution >= 0.6 is 11.3 Å². The van der Waals surface area contributed by atoms with E-state index >= 15 is 0 Å². The van der Waals surface area contributed by atoms with Gasteiger partial charge in [-0.3, -0.25) is 4.79 Å². The number of hydrogen-bond acceptors (Lipinski definition) is 6. The van der Waals surface area contributed by atoms with Crippen molar-refractivity contribution in [3.63, 3.8) is 0 Å². The van der Waals surface area contributed by atoms with Crippen LogP contribution in [0.4, 0.5) is 0 Å². The second kappa shape index (κ2) is 7.62. The third kappa shape index (κ3) is 3.97. The highest BCUT2D eigenvalue weighted by molar-refractivity contribution is 7.13. The normalized spacial score (nSPS) is 17.3. The molecule has 1 atom stereocenters. The number of rotatable bonds is 5. The van der Waals surface area contributed by atoms with Crippen molar-refractivity contribution in [1.82, 2.24) is 9.88 Å². The molecule has 0 saturated carbocycles. The number of hydrogen-bond donors (Lipinski definition) is 1. The molecule has 2 heterocycles. The Bertz CT molecular complexity index is 759. The minimum atomic E-state index is -1.06. The Hall–Kier alpha value is -2.45. The van der Waals surface area contributed by atoms with E-state index in [4.69, 9.17) is 14.6 Å². The molecule has 1 N–H and O–H groups in total. The lowest BCUT2D eigenvalue weighted by Gasteiger charge is -2.30. The minimum absolute atomic E-state index is 0.0318. The molecule has 1 aromatic heterocycles. The number of morpholine rings is 1. The van der Waals surface area contributed by atoms with Crippen LogP contribution in [0.5, 0.6) is 5.75 Å². The molecule has 25 heavy (non-hydrogen) atoms. The summed E-state index contributed by atoms with van der Waals surface area (Å²) in [7, 11) is 0. The van der Waals surface area contributed by atoms with Gasteiger partial charge in [-0.15, -0.1) is 11.3 Å². The molecule has 1 fully saturated rings. The lowest BCUT2D eigenvalue weighted by molar-refractivity contribution is -0.154. The summed E-state index contributed by atoms with van der Waals surface area (Å²) in [5.74, 6) is -0.555. The van der Waals surface area contributed by atoms with Gasteiger partial charge in [-0.25, -0.2) is 9.78 Å². The van der Waals surface area contributed by atoms with Gasteiger partial charge in [0, 0.05) is 17.5 Å². The molecule has 0 bridgehead atoms. The predicted molar refractivity (Wildman–Crippen MR) is 92.0 cm³/mol. The van der Waals surface area contributed by atoms with Gasteiger partial charge < -0.3 is 19.5 Å². The number of carboxylic acids is 1. The molecule has 1 saturated heterocycles. The molecule has 1 aliphatic heterocycles. The highest BCUT2D eigenvalue weighted by Crippen LogP contribution is 2.26. The molecule has 1 aliphatic rings. The fourth-order valence-electron chi connectivity index (χ4n) is 2.51. The second-order valence-electron chi connectivity index (χ2n) is 5.44. The first-order valence-electron chi connectivity index (χ1n) is 7.91. The number of aliphatic carboxylic acids is 1. The number of carboxylic acid groups (broad SMARTS) is 1. The summed E-state index contributed by atoms with van der Waals surface area (Å²) in [5.41, 5.74) is 1.22. The molecular weight excluding hydrogens is 344 g/mol. The number of carbonyl (C=O) groups is 2. The van der Waals surface area contributed by atoms with E-state index in [0.29, 0.717) is 18.8 Å². The van der Waals surface area contributed by atoms with Crippen LogP contribution in [0.1, 0.15) is 17.4 Å². The van der Waals surface area contributed by atoms with Crippen LogP contribution in [0.3, 0.4) is 0 Å². The van der Waals surface area contributed by atoms with Crippen molar-refractivity contribution in [2.45, 2.75) is 13.0 Å². The Kier molecular flexibility index (Phi) is 5.30. The summed E-state index contributed by atoms with van der Waals surface area (Å²) in [6.45, 7) is 3.13. The molecule has 132 valence electrons. The van der Waals surface area contributed by atoms with E-state index in [2.05, 4.69) is 4.98 Å². The van der Waals surface area contributed by atoms with Gasteiger partial charge in [0.1, 0.15) is 16.5 Å². The fraction of sp³-hybridized carbons (Fsp3) is 0.353. The first-order chi connectivity index (χ1) is 12.1. The van der Waals surface area contributed by atoms with E-state index in [-0.39, 0.29) is 19.1 Å². The summed E-state index contributed by atoms with van der Waals surface area (Å²) in [6.07, 6.45) is -0.984. The quantitative estimate of drug-likeness (QED) is 0.877. The van der Waals surface area contributed by atoms with Crippen LogP contribution in [-0.4, -0.2) is 59.3 Å². The van der Waals surface area contributed by atoms with Crippen LogP contribution in [-0.2, 0) is 9.53 Å². The minimum Gasteiger partial charge on any atom is -0.494 e. The van der Waals surface area contributed by atoms with Gasteiger partial charge >= 0.3 is 5.97 Å². The Morgan fingerprint density at radius 2 is 2.16 bits per heavy atom. The van der Waals surface area contributed by atoms with Crippen molar-refractivity contribution in [2.75, 3.05) is 26.3 Å². The van der Waals surface area contributed by atoms with Gasteiger partial charge in [-0.2, -0.15) is 0 Å². The molecular formula is C17H18N2O5S. The standard InChI is InChI=1S/C17H18N2O5S/c1-2-23-12-5-3-11(4-6-12)15-18-13(10-25-15)16(20)19-7-8-24-14(9-19)17(21)22/h3-6,10,14H,2,7-9H2,1H3,(H,21,22). The number of ether oxygens (including phenoxy) is 2. The molecule has 1 unspecified atom stereocenters. The third-order valence-electron chi connectivity index (χ3n) is 3.76. The molecule has 2 aromatic rings. The van der Waals surface area contributed by atoms with Gasteiger partial charge in [0.2, 0.25) is 0 Å². The molecule has 0 spiro atoms. The largest absolute Gasteiger partial charge is 0.494 e. The Labute approximate surface area is 148 Å². The number of aromatic nitrogens is 1. The average Bonchev–Trinajstić information content (AvgIpc) is 3.12. The molecule has 1 aromatic carbocycles. The van der Waals surface area contributed by atoms with Crippen LogP contribution in [0, 0.1) is 0 Å². The number of carbonyl (C=O) groups excluding carboxylic acids is 1. The summed E-state index contributed by atoms with van der Waals surface area (Å²) in [4.78, 5) is 29.5. The Morgan fingerprint density at radius 1 is 1.40 bits per heavy atom. The average molecular weight is 362 g/mol. The zero-order chi connectivity index (χ0) is 17.8. The van der Waals surface area contributed by atoms with Crippen LogP contribution < -0.4 is 4.74 Å². The monoisotopic (exact) mass is 362 g/mol. The van der Waals surface area contributed by atoms with E-state index < -0.39 is 12.1 Å². The second-order valence-corrected chi connectivity index (χ2v) is 6.30.